The monoisotopic (exact) mass is 478 g/mol. The van der Waals surface area contributed by atoms with Crippen LogP contribution in [0.5, 0.6) is 0 Å². The van der Waals surface area contributed by atoms with Crippen LogP contribution in [0, 0.1) is 0 Å². The summed E-state index contributed by atoms with van der Waals surface area (Å²) in [6.07, 6.45) is 2.58. The molecule has 0 aliphatic carbocycles. The summed E-state index contributed by atoms with van der Waals surface area (Å²) in [5, 5.41) is 0. The Labute approximate surface area is 139 Å². The van der Waals surface area contributed by atoms with Crippen molar-refractivity contribution in [2.24, 2.45) is 0 Å². The van der Waals surface area contributed by atoms with Crippen molar-refractivity contribution in [2.45, 2.75) is 66.8 Å². The number of ether oxygens (including phenoxy) is 1. The van der Waals surface area contributed by atoms with Gasteiger partial charge in [-0.25, -0.2) is 0 Å². The van der Waals surface area contributed by atoms with E-state index >= 15 is 0 Å². The van der Waals surface area contributed by atoms with Crippen LogP contribution in [0.4, 0.5) is 0 Å². The van der Waals surface area contributed by atoms with Gasteiger partial charge in [0.2, 0.25) is 0 Å². The van der Waals surface area contributed by atoms with E-state index in [2.05, 4.69) is 79.5 Å². The van der Waals surface area contributed by atoms with Crippen LogP contribution in [-0.4, -0.2) is 18.9 Å². The minimum absolute atomic E-state index is 0.146. The highest BCUT2D eigenvalue weighted by atomic mass is 127. The lowest BCUT2D eigenvalue weighted by atomic mass is 9.95. The average molecular weight is 478 g/mol. The van der Waals surface area contributed by atoms with Crippen LogP contribution in [0.1, 0.15) is 53.9 Å². The standard InChI is InChI=1S/C14H24I2O2/c1-10(9-14(5,6)16)12(18-11(2)17)7-8-13(3,4)15/h12H,1,7-9H2,2-6H3. The van der Waals surface area contributed by atoms with Gasteiger partial charge < -0.3 is 4.74 Å². The predicted octanol–water partition coefficient (Wildman–Crippen LogP) is 5.07. The number of halogens is 2. The third-order valence-corrected chi connectivity index (χ3v) is 3.33. The summed E-state index contributed by atoms with van der Waals surface area (Å²) in [6, 6.07) is 0. The van der Waals surface area contributed by atoms with Gasteiger partial charge in [0, 0.05) is 13.8 Å². The summed E-state index contributed by atoms with van der Waals surface area (Å²) in [7, 11) is 0. The van der Waals surface area contributed by atoms with Crippen molar-refractivity contribution >= 4 is 51.2 Å². The summed E-state index contributed by atoms with van der Waals surface area (Å²) < 4.78 is 5.77. The number of hydrogen-bond acceptors (Lipinski definition) is 2. The van der Waals surface area contributed by atoms with Crippen LogP contribution < -0.4 is 0 Å². The third-order valence-electron chi connectivity index (χ3n) is 2.41. The zero-order valence-electron chi connectivity index (χ0n) is 12.0. The molecular formula is C14H24I2O2. The van der Waals surface area contributed by atoms with Gasteiger partial charge in [-0.1, -0.05) is 79.5 Å². The van der Waals surface area contributed by atoms with E-state index in [1.165, 1.54) is 6.92 Å². The van der Waals surface area contributed by atoms with Crippen LogP contribution in [0.25, 0.3) is 0 Å². The normalized spacial score (nSPS) is 14.2. The lowest BCUT2D eigenvalue weighted by Crippen LogP contribution is -2.25. The van der Waals surface area contributed by atoms with E-state index < -0.39 is 0 Å². The van der Waals surface area contributed by atoms with Gasteiger partial charge >= 0.3 is 5.97 Å². The number of carbonyl (C=O) groups is 1. The molecule has 0 rings (SSSR count). The molecule has 0 heterocycles. The highest BCUT2D eigenvalue weighted by Gasteiger charge is 2.24. The van der Waals surface area contributed by atoms with Gasteiger partial charge in [0.15, 0.2) is 0 Å². The molecule has 0 saturated heterocycles. The van der Waals surface area contributed by atoms with Crippen molar-refractivity contribution in [1.29, 1.82) is 0 Å². The first-order valence-corrected chi connectivity index (χ1v) is 8.29. The van der Waals surface area contributed by atoms with E-state index in [1.54, 1.807) is 0 Å². The highest BCUT2D eigenvalue weighted by molar-refractivity contribution is 14.1. The van der Waals surface area contributed by atoms with Gasteiger partial charge in [0.1, 0.15) is 6.10 Å². The number of carbonyl (C=O) groups excluding carboxylic acids is 1. The van der Waals surface area contributed by atoms with Crippen LogP contribution in [0.2, 0.25) is 0 Å². The Kier molecular flexibility index (Phi) is 7.73. The predicted molar refractivity (Wildman–Crippen MR) is 94.7 cm³/mol. The maximum Gasteiger partial charge on any atom is 0.303 e. The Hall–Kier alpha value is 0.670. The molecule has 0 aliphatic rings. The third kappa shape index (κ3) is 10.6. The molecule has 1 unspecified atom stereocenters. The van der Waals surface area contributed by atoms with Crippen molar-refractivity contribution in [3.05, 3.63) is 12.2 Å². The van der Waals surface area contributed by atoms with Gasteiger partial charge in [0.25, 0.3) is 0 Å². The molecule has 0 spiro atoms. The summed E-state index contributed by atoms with van der Waals surface area (Å²) >= 11 is 4.82. The molecule has 18 heavy (non-hydrogen) atoms. The average Bonchev–Trinajstić information content (AvgIpc) is 2.06. The summed E-state index contributed by atoms with van der Waals surface area (Å²) in [5.41, 5.74) is 1.02. The second-order valence-electron chi connectivity index (χ2n) is 5.91. The van der Waals surface area contributed by atoms with Gasteiger partial charge in [-0.2, -0.15) is 0 Å². The summed E-state index contributed by atoms with van der Waals surface area (Å²) in [4.78, 5) is 11.2. The molecule has 0 N–H and O–H groups in total. The van der Waals surface area contributed by atoms with E-state index in [4.69, 9.17) is 4.74 Å². The largest absolute Gasteiger partial charge is 0.458 e. The molecule has 0 saturated carbocycles. The molecule has 0 fully saturated rings. The number of alkyl halides is 2. The van der Waals surface area contributed by atoms with Gasteiger partial charge in [-0.3, -0.25) is 4.79 Å². The Morgan fingerprint density at radius 1 is 1.22 bits per heavy atom. The topological polar surface area (TPSA) is 26.3 Å². The maximum absolute atomic E-state index is 11.2. The van der Waals surface area contributed by atoms with E-state index in [0.717, 1.165) is 24.8 Å². The molecule has 1 atom stereocenters. The second kappa shape index (κ2) is 7.45. The summed E-state index contributed by atoms with van der Waals surface area (Å²) in [6.45, 7) is 14.3. The van der Waals surface area contributed by atoms with Crippen molar-refractivity contribution in [1.82, 2.24) is 0 Å². The SMILES string of the molecule is C=C(CC(C)(C)I)C(CCC(C)(C)I)OC(C)=O. The Morgan fingerprint density at radius 3 is 2.06 bits per heavy atom. The molecule has 0 radical (unpaired) electrons. The number of hydrogen-bond donors (Lipinski definition) is 0. The highest BCUT2D eigenvalue weighted by Crippen LogP contribution is 2.31. The van der Waals surface area contributed by atoms with Crippen molar-refractivity contribution < 1.29 is 9.53 Å². The lowest BCUT2D eigenvalue weighted by molar-refractivity contribution is -0.145. The fraction of sp³-hybridized carbons (Fsp3) is 0.786. The molecule has 0 amide bonds. The maximum atomic E-state index is 11.2. The zero-order chi connectivity index (χ0) is 14.6. The summed E-state index contributed by atoms with van der Waals surface area (Å²) in [5.74, 6) is -0.223. The van der Waals surface area contributed by atoms with E-state index in [0.29, 0.717) is 0 Å². The lowest BCUT2D eigenvalue weighted by Gasteiger charge is -2.26. The molecule has 0 bridgehead atoms. The van der Waals surface area contributed by atoms with Crippen LogP contribution in [-0.2, 0) is 9.53 Å². The van der Waals surface area contributed by atoms with Crippen molar-refractivity contribution in [2.75, 3.05) is 0 Å². The van der Waals surface area contributed by atoms with Crippen LogP contribution in [0.15, 0.2) is 12.2 Å². The Morgan fingerprint density at radius 2 is 1.72 bits per heavy atom. The van der Waals surface area contributed by atoms with Crippen molar-refractivity contribution in [3.63, 3.8) is 0 Å². The first-order valence-electron chi connectivity index (χ1n) is 6.13. The van der Waals surface area contributed by atoms with Crippen LogP contribution >= 0.6 is 45.2 Å². The Bertz CT molecular complexity index is 298. The second-order valence-corrected chi connectivity index (χ2v) is 11.7. The Balaban J connectivity index is 4.57. The fourth-order valence-corrected chi connectivity index (χ4v) is 2.48. The zero-order valence-corrected chi connectivity index (χ0v) is 16.3. The van der Waals surface area contributed by atoms with Gasteiger partial charge in [-0.05, 0) is 24.8 Å². The first-order chi connectivity index (χ1) is 7.91. The molecule has 0 aromatic heterocycles. The smallest absolute Gasteiger partial charge is 0.303 e. The molecule has 0 aliphatic heterocycles. The van der Waals surface area contributed by atoms with Crippen molar-refractivity contribution in [3.8, 4) is 0 Å². The number of esters is 1. The molecule has 2 nitrogen and oxygen atoms in total. The molecule has 4 heteroatoms. The van der Waals surface area contributed by atoms with E-state index in [-0.39, 0.29) is 18.9 Å². The molecule has 0 aromatic carbocycles. The molecule has 0 aromatic rings. The van der Waals surface area contributed by atoms with E-state index in [1.807, 2.05) is 0 Å². The van der Waals surface area contributed by atoms with Gasteiger partial charge in [0.05, 0.1) is 0 Å². The van der Waals surface area contributed by atoms with Crippen LogP contribution in [0.3, 0.4) is 0 Å². The minimum atomic E-state index is -0.223. The quantitative estimate of drug-likeness (QED) is 0.221. The number of rotatable bonds is 7. The van der Waals surface area contributed by atoms with Gasteiger partial charge in [-0.15, -0.1) is 0 Å². The fourth-order valence-electron chi connectivity index (χ4n) is 1.67. The minimum Gasteiger partial charge on any atom is -0.458 e. The van der Waals surface area contributed by atoms with E-state index in [9.17, 15) is 4.79 Å². The molecule has 106 valence electrons. The first kappa shape index (κ1) is 18.7. The molecular weight excluding hydrogens is 454 g/mol.